The van der Waals surface area contributed by atoms with Crippen LogP contribution in [0.1, 0.15) is 41.0 Å². The van der Waals surface area contributed by atoms with E-state index in [9.17, 15) is 9.50 Å². The van der Waals surface area contributed by atoms with Crippen molar-refractivity contribution in [3.8, 4) is 17.2 Å². The van der Waals surface area contributed by atoms with Crippen LogP contribution in [0.2, 0.25) is 0 Å². The molecule has 1 aliphatic rings. The average Bonchev–Trinajstić information content (AvgIpc) is 2.86. The Morgan fingerprint density at radius 1 is 0.946 bits per heavy atom. The van der Waals surface area contributed by atoms with Crippen molar-refractivity contribution in [2.24, 2.45) is 0 Å². The van der Waals surface area contributed by atoms with E-state index in [1.807, 2.05) is 39.0 Å². The highest BCUT2D eigenvalue weighted by Crippen LogP contribution is 2.31. The predicted molar refractivity (Wildman–Crippen MR) is 152 cm³/mol. The topological polar surface area (TPSA) is 68.0 Å². The lowest BCUT2D eigenvalue weighted by Crippen LogP contribution is -2.40. The van der Waals surface area contributed by atoms with Gasteiger partial charge in [-0.05, 0) is 117 Å². The van der Waals surface area contributed by atoms with Crippen molar-refractivity contribution in [1.82, 2.24) is 4.90 Å². The van der Waals surface area contributed by atoms with Gasteiger partial charge in [-0.15, -0.1) is 24.8 Å². The van der Waals surface area contributed by atoms with Gasteiger partial charge in [-0.3, -0.25) is 0 Å². The van der Waals surface area contributed by atoms with E-state index in [1.165, 1.54) is 17.7 Å². The highest BCUT2D eigenvalue weighted by Gasteiger charge is 2.23. The number of β-amino-alcohol motifs (C(OH)–C–C–N with tert-alkyl or cyclic N) is 1. The third-order valence-electron chi connectivity index (χ3n) is 7.00. The fourth-order valence-electron chi connectivity index (χ4n) is 4.65. The second-order valence-corrected chi connectivity index (χ2v) is 9.52. The van der Waals surface area contributed by atoms with Crippen molar-refractivity contribution in [2.75, 3.05) is 32.0 Å². The van der Waals surface area contributed by atoms with Gasteiger partial charge >= 0.3 is 0 Å². The fourth-order valence-corrected chi connectivity index (χ4v) is 4.65. The summed E-state index contributed by atoms with van der Waals surface area (Å²) in [5.74, 6) is 2.36. The molecule has 8 heteroatoms. The standard InChI is InChI=1S/C29H35FN2O3.2ClH/c1-19-16-28(20(2)21(3)29(19)31)34-18-25(33)17-32-14-12-23(13-15-32)22-4-8-26(9-5-22)35-27-10-6-24(30)7-11-27;;/h4-11,16,23,25,33H,12-15,17-18,31H2,1-3H3;2*1H/t25-;;/m0../s1. The number of aliphatic hydroxyl groups is 1. The minimum absolute atomic E-state index is 0. The van der Waals surface area contributed by atoms with E-state index < -0.39 is 6.10 Å². The van der Waals surface area contributed by atoms with Crippen LogP contribution in [-0.2, 0) is 0 Å². The van der Waals surface area contributed by atoms with Gasteiger partial charge < -0.3 is 25.2 Å². The average molecular weight is 552 g/mol. The number of benzene rings is 3. The SMILES string of the molecule is Cc1cc(OC[C@@H](O)CN2CCC(c3ccc(Oc4ccc(F)cc4)cc3)CC2)c(C)c(C)c1N.Cl.Cl. The van der Waals surface area contributed by atoms with Crippen LogP contribution < -0.4 is 15.2 Å². The molecule has 1 saturated heterocycles. The second kappa shape index (κ2) is 13.9. The van der Waals surface area contributed by atoms with Gasteiger partial charge in [0.05, 0.1) is 0 Å². The Morgan fingerprint density at radius 3 is 2.11 bits per heavy atom. The number of hydrogen-bond donors (Lipinski definition) is 2. The lowest BCUT2D eigenvalue weighted by molar-refractivity contribution is 0.0592. The Balaban J connectivity index is 0.00000241. The van der Waals surface area contributed by atoms with Crippen molar-refractivity contribution >= 4 is 30.5 Å². The first-order valence-electron chi connectivity index (χ1n) is 12.2. The molecule has 0 aromatic heterocycles. The van der Waals surface area contributed by atoms with Crippen LogP contribution in [0.5, 0.6) is 17.2 Å². The third-order valence-corrected chi connectivity index (χ3v) is 7.00. The zero-order valence-corrected chi connectivity index (χ0v) is 23.2. The number of nitrogens with zero attached hydrogens (tertiary/aromatic N) is 1. The van der Waals surface area contributed by atoms with Crippen molar-refractivity contribution in [1.29, 1.82) is 0 Å². The molecule has 3 N–H and O–H groups in total. The third kappa shape index (κ3) is 7.99. The first kappa shape index (κ1) is 30.7. The lowest BCUT2D eigenvalue weighted by atomic mass is 9.89. The zero-order chi connectivity index (χ0) is 24.9. The number of rotatable bonds is 8. The molecule has 3 aromatic carbocycles. The van der Waals surface area contributed by atoms with Gasteiger partial charge in [-0.2, -0.15) is 0 Å². The zero-order valence-electron chi connectivity index (χ0n) is 21.6. The molecule has 1 atom stereocenters. The summed E-state index contributed by atoms with van der Waals surface area (Å²) in [7, 11) is 0. The molecule has 0 saturated carbocycles. The minimum atomic E-state index is -0.549. The molecule has 0 bridgehead atoms. The first-order valence-corrected chi connectivity index (χ1v) is 12.2. The number of piperidine rings is 1. The van der Waals surface area contributed by atoms with Crippen molar-refractivity contribution in [3.63, 3.8) is 0 Å². The van der Waals surface area contributed by atoms with E-state index in [4.69, 9.17) is 15.2 Å². The molecule has 0 unspecified atom stereocenters. The van der Waals surface area contributed by atoms with Gasteiger partial charge in [0.25, 0.3) is 0 Å². The first-order chi connectivity index (χ1) is 16.8. The van der Waals surface area contributed by atoms with Crippen molar-refractivity contribution < 1.29 is 19.0 Å². The number of ether oxygens (including phenoxy) is 2. The molecule has 37 heavy (non-hydrogen) atoms. The largest absolute Gasteiger partial charge is 0.491 e. The van der Waals surface area contributed by atoms with Crippen LogP contribution in [0.25, 0.3) is 0 Å². The summed E-state index contributed by atoms with van der Waals surface area (Å²) in [6.07, 6.45) is 1.54. The van der Waals surface area contributed by atoms with Crippen LogP contribution >= 0.6 is 24.8 Å². The molecule has 1 fully saturated rings. The minimum Gasteiger partial charge on any atom is -0.491 e. The maximum Gasteiger partial charge on any atom is 0.127 e. The highest BCUT2D eigenvalue weighted by molar-refractivity contribution is 5.85. The monoisotopic (exact) mass is 550 g/mol. The molecule has 0 aliphatic carbocycles. The molecule has 0 amide bonds. The number of aliphatic hydroxyl groups excluding tert-OH is 1. The highest BCUT2D eigenvalue weighted by atomic mass is 35.5. The molecule has 3 aromatic rings. The lowest BCUT2D eigenvalue weighted by Gasteiger charge is -2.33. The molecule has 4 rings (SSSR count). The molecule has 202 valence electrons. The molecular formula is C29H37Cl2FN2O3. The molecule has 0 radical (unpaired) electrons. The van der Waals surface area contributed by atoms with Gasteiger partial charge in [0, 0.05) is 12.2 Å². The summed E-state index contributed by atoms with van der Waals surface area (Å²) in [6.45, 7) is 8.71. The van der Waals surface area contributed by atoms with Gasteiger partial charge in [-0.25, -0.2) is 4.39 Å². The molecule has 5 nitrogen and oxygen atoms in total. The number of nitrogens with two attached hydrogens (primary N) is 1. The number of halogens is 3. The fraction of sp³-hybridized carbons (Fsp3) is 0.379. The summed E-state index contributed by atoms with van der Waals surface area (Å²) in [6, 6.07) is 16.1. The summed E-state index contributed by atoms with van der Waals surface area (Å²) < 4.78 is 24.8. The molecular weight excluding hydrogens is 514 g/mol. The molecule has 1 aliphatic heterocycles. The van der Waals surface area contributed by atoms with Crippen LogP contribution in [0.15, 0.2) is 54.6 Å². The Kier molecular flexibility index (Phi) is 11.5. The summed E-state index contributed by atoms with van der Waals surface area (Å²) in [5, 5.41) is 10.6. The Labute approximate surface area is 231 Å². The van der Waals surface area contributed by atoms with E-state index in [0.29, 0.717) is 18.2 Å². The number of nitrogen functional groups attached to an aromatic ring is 1. The van der Waals surface area contributed by atoms with E-state index in [2.05, 4.69) is 17.0 Å². The quantitative estimate of drug-likeness (QED) is 0.309. The summed E-state index contributed by atoms with van der Waals surface area (Å²) in [5.41, 5.74) is 11.2. The van der Waals surface area contributed by atoms with Crippen LogP contribution in [0, 0.1) is 26.6 Å². The summed E-state index contributed by atoms with van der Waals surface area (Å²) in [4.78, 5) is 2.31. The smallest absolute Gasteiger partial charge is 0.127 e. The predicted octanol–water partition coefficient (Wildman–Crippen LogP) is 6.59. The van der Waals surface area contributed by atoms with Crippen molar-refractivity contribution in [3.05, 3.63) is 82.7 Å². The number of hydrogen-bond acceptors (Lipinski definition) is 5. The van der Waals surface area contributed by atoms with Gasteiger partial charge in [-0.1, -0.05) is 12.1 Å². The number of anilines is 1. The van der Waals surface area contributed by atoms with Crippen LogP contribution in [-0.4, -0.2) is 42.4 Å². The normalized spacial score (nSPS) is 14.8. The Bertz CT molecular complexity index is 1140. The molecule has 0 spiro atoms. The summed E-state index contributed by atoms with van der Waals surface area (Å²) >= 11 is 0. The van der Waals surface area contributed by atoms with Gasteiger partial charge in [0.15, 0.2) is 0 Å². The van der Waals surface area contributed by atoms with Crippen LogP contribution in [0.4, 0.5) is 10.1 Å². The number of aryl methyl sites for hydroxylation is 1. The Morgan fingerprint density at radius 2 is 1.51 bits per heavy atom. The van der Waals surface area contributed by atoms with Gasteiger partial charge in [0.1, 0.15) is 35.8 Å². The maximum atomic E-state index is 13.1. The van der Waals surface area contributed by atoms with Crippen LogP contribution in [0.3, 0.4) is 0 Å². The van der Waals surface area contributed by atoms with Gasteiger partial charge in [0.2, 0.25) is 0 Å². The van der Waals surface area contributed by atoms with Crippen molar-refractivity contribution in [2.45, 2.75) is 45.6 Å². The van der Waals surface area contributed by atoms with E-state index >= 15 is 0 Å². The second-order valence-electron chi connectivity index (χ2n) is 9.52. The van der Waals surface area contributed by atoms with E-state index in [0.717, 1.165) is 59.8 Å². The number of likely N-dealkylation sites (tertiary alicyclic amines) is 1. The van der Waals surface area contributed by atoms with E-state index in [1.54, 1.807) is 12.1 Å². The maximum absolute atomic E-state index is 13.1. The Hall–Kier alpha value is -2.51. The molecule has 1 heterocycles. The van der Waals surface area contributed by atoms with E-state index in [-0.39, 0.29) is 37.2 Å².